The van der Waals surface area contributed by atoms with E-state index in [1.165, 1.54) is 3.97 Å². The zero-order valence-corrected chi connectivity index (χ0v) is 26.6. The molecule has 43 heavy (non-hydrogen) atoms. The lowest BCUT2D eigenvalue weighted by Gasteiger charge is -2.21. The van der Waals surface area contributed by atoms with E-state index >= 15 is 0 Å². The van der Waals surface area contributed by atoms with Gasteiger partial charge in [-0.1, -0.05) is 67.9 Å². The minimum atomic E-state index is -3.74. The molecule has 0 aliphatic rings. The number of carbonyl (C=O) groups excluding carboxylic acids is 1. The molecule has 0 saturated heterocycles. The summed E-state index contributed by atoms with van der Waals surface area (Å²) in [4.78, 5) is 21.0. The second-order valence-corrected chi connectivity index (χ2v) is 13.9. The maximum absolute atomic E-state index is 13.4. The second kappa shape index (κ2) is 13.1. The average molecular weight is 616 g/mol. The minimum absolute atomic E-state index is 0.227. The molecule has 2 aromatic heterocycles. The van der Waals surface area contributed by atoms with Crippen molar-refractivity contribution < 1.29 is 17.9 Å². The molecule has 5 rings (SSSR count). The monoisotopic (exact) mass is 615 g/mol. The molecule has 0 spiro atoms. The summed E-state index contributed by atoms with van der Waals surface area (Å²) in [5.41, 5.74) is 4.57. The summed E-state index contributed by atoms with van der Waals surface area (Å²) >= 11 is 1.65. The van der Waals surface area contributed by atoms with Crippen molar-refractivity contribution in [1.29, 1.82) is 0 Å². The third-order valence-corrected chi connectivity index (χ3v) is 10.0. The van der Waals surface area contributed by atoms with Gasteiger partial charge in [0.1, 0.15) is 0 Å². The minimum Gasteiger partial charge on any atom is -0.466 e. The molecule has 3 aromatic carbocycles. The molecule has 9 heteroatoms. The SMILES string of the molecule is CCOC(=O)CCN(Cc1ccccc1)c1nc(-c2ccc3c(ccn3S(=O)(=O)c3ccc(C)cc3)c2)c(CC(C)C)s1. The molecule has 0 atom stereocenters. The summed E-state index contributed by atoms with van der Waals surface area (Å²) < 4.78 is 33.4. The Hall–Kier alpha value is -3.95. The first kappa shape index (κ1) is 30.5. The van der Waals surface area contributed by atoms with Gasteiger partial charge in [-0.3, -0.25) is 4.79 Å². The van der Waals surface area contributed by atoms with Gasteiger partial charge in [0.2, 0.25) is 0 Å². The molecule has 2 heterocycles. The van der Waals surface area contributed by atoms with Gasteiger partial charge in [0.15, 0.2) is 5.13 Å². The standard InChI is InChI=1S/C34H37N3O4S2/c1-5-41-32(38)18-19-36(23-26-9-7-6-8-10-26)34-35-33(31(42-34)21-24(2)3)28-13-16-30-27(22-28)17-20-37(30)43(39,40)29-14-11-25(4)12-15-29/h6-17,20,22,24H,5,18-19,21,23H2,1-4H3. The van der Waals surface area contributed by atoms with Gasteiger partial charge in [0.05, 0.1) is 29.1 Å². The number of nitrogens with zero attached hydrogens (tertiary/aromatic N) is 3. The number of fused-ring (bicyclic) bond motifs is 1. The number of aryl methyl sites for hydroxylation is 1. The Bertz CT molecular complexity index is 1810. The summed E-state index contributed by atoms with van der Waals surface area (Å²) in [7, 11) is -3.74. The van der Waals surface area contributed by atoms with Gasteiger partial charge >= 0.3 is 5.97 Å². The highest BCUT2D eigenvalue weighted by molar-refractivity contribution is 7.90. The highest BCUT2D eigenvalue weighted by Gasteiger charge is 2.22. The number of thiazole rings is 1. The first-order valence-corrected chi connectivity index (χ1v) is 16.8. The molecule has 224 valence electrons. The van der Waals surface area contributed by atoms with Crippen LogP contribution in [0.1, 0.15) is 43.2 Å². The first-order chi connectivity index (χ1) is 20.7. The molecule has 0 aliphatic heterocycles. The highest BCUT2D eigenvalue weighted by Crippen LogP contribution is 2.37. The summed E-state index contributed by atoms with van der Waals surface area (Å²) in [5.74, 6) is 0.189. The largest absolute Gasteiger partial charge is 0.466 e. The first-order valence-electron chi connectivity index (χ1n) is 14.5. The fourth-order valence-corrected chi connectivity index (χ4v) is 7.69. The van der Waals surface area contributed by atoms with Gasteiger partial charge < -0.3 is 9.64 Å². The number of esters is 1. The van der Waals surface area contributed by atoms with E-state index in [0.717, 1.165) is 44.2 Å². The lowest BCUT2D eigenvalue weighted by atomic mass is 10.0. The van der Waals surface area contributed by atoms with Gasteiger partial charge in [0.25, 0.3) is 10.0 Å². The van der Waals surface area contributed by atoms with Crippen molar-refractivity contribution in [2.45, 2.75) is 52.0 Å². The molecule has 7 nitrogen and oxygen atoms in total. The second-order valence-electron chi connectivity index (χ2n) is 11.0. The number of anilines is 1. The van der Waals surface area contributed by atoms with Crippen LogP contribution in [0, 0.1) is 12.8 Å². The van der Waals surface area contributed by atoms with Gasteiger partial charge in [-0.05, 0) is 62.1 Å². The zero-order chi connectivity index (χ0) is 30.6. The predicted molar refractivity (Wildman–Crippen MR) is 174 cm³/mol. The Morgan fingerprint density at radius 1 is 1.02 bits per heavy atom. The van der Waals surface area contributed by atoms with Crippen molar-refractivity contribution in [3.63, 3.8) is 0 Å². The van der Waals surface area contributed by atoms with E-state index < -0.39 is 10.0 Å². The van der Waals surface area contributed by atoms with E-state index in [9.17, 15) is 13.2 Å². The van der Waals surface area contributed by atoms with Crippen LogP contribution in [0.4, 0.5) is 5.13 Å². The third-order valence-electron chi connectivity index (χ3n) is 7.16. The van der Waals surface area contributed by atoms with Crippen LogP contribution in [0.3, 0.4) is 0 Å². The maximum Gasteiger partial charge on any atom is 0.307 e. The van der Waals surface area contributed by atoms with Crippen molar-refractivity contribution in [3.8, 4) is 11.3 Å². The van der Waals surface area contributed by atoms with E-state index in [4.69, 9.17) is 9.72 Å². The molecule has 0 saturated carbocycles. The summed E-state index contributed by atoms with van der Waals surface area (Å²) in [6.45, 7) is 9.58. The topological polar surface area (TPSA) is 81.5 Å². The van der Waals surface area contributed by atoms with Crippen molar-refractivity contribution in [1.82, 2.24) is 8.96 Å². The normalized spacial score (nSPS) is 11.7. The fourth-order valence-electron chi connectivity index (χ4n) is 5.01. The van der Waals surface area contributed by atoms with Crippen LogP contribution in [0.15, 0.2) is 90.0 Å². The Labute approximate surface area is 257 Å². The molecule has 0 unspecified atom stereocenters. The van der Waals surface area contributed by atoms with Crippen LogP contribution in [-0.2, 0) is 32.5 Å². The summed E-state index contributed by atoms with van der Waals surface area (Å²) in [5, 5.41) is 1.67. The Morgan fingerprint density at radius 3 is 2.47 bits per heavy atom. The van der Waals surface area contributed by atoms with Crippen LogP contribution >= 0.6 is 11.3 Å². The lowest BCUT2D eigenvalue weighted by Crippen LogP contribution is -2.26. The van der Waals surface area contributed by atoms with E-state index in [1.807, 2.05) is 56.3 Å². The Balaban J connectivity index is 1.52. The third kappa shape index (κ3) is 7.00. The smallest absolute Gasteiger partial charge is 0.307 e. The van der Waals surface area contributed by atoms with Gasteiger partial charge in [-0.2, -0.15) is 0 Å². The molecule has 0 amide bonds. The fraction of sp³-hybridized carbons (Fsp3) is 0.294. The molecular weight excluding hydrogens is 579 g/mol. The summed E-state index contributed by atoms with van der Waals surface area (Å²) in [6.07, 6.45) is 2.73. The molecule has 0 radical (unpaired) electrons. The molecule has 0 bridgehead atoms. The number of aromatic nitrogens is 2. The Morgan fingerprint density at radius 2 is 1.77 bits per heavy atom. The van der Waals surface area contributed by atoms with Gasteiger partial charge in [-0.15, -0.1) is 11.3 Å². The van der Waals surface area contributed by atoms with Crippen molar-refractivity contribution >= 4 is 43.4 Å². The number of hydrogen-bond acceptors (Lipinski definition) is 7. The predicted octanol–water partition coefficient (Wildman–Crippen LogP) is 7.47. The van der Waals surface area contributed by atoms with Crippen LogP contribution in [0.25, 0.3) is 22.2 Å². The van der Waals surface area contributed by atoms with Crippen molar-refractivity contribution in [2.75, 3.05) is 18.1 Å². The van der Waals surface area contributed by atoms with E-state index in [0.29, 0.717) is 31.1 Å². The zero-order valence-electron chi connectivity index (χ0n) is 25.0. The molecule has 0 fully saturated rings. The molecular formula is C34H37N3O4S2. The highest BCUT2D eigenvalue weighted by atomic mass is 32.2. The lowest BCUT2D eigenvalue weighted by molar-refractivity contribution is -0.142. The summed E-state index contributed by atoms with van der Waals surface area (Å²) in [6, 6.07) is 24.7. The molecule has 0 aliphatic carbocycles. The maximum atomic E-state index is 13.4. The van der Waals surface area contributed by atoms with Crippen LogP contribution in [-0.4, -0.2) is 36.5 Å². The van der Waals surface area contributed by atoms with E-state index in [1.54, 1.807) is 41.8 Å². The van der Waals surface area contributed by atoms with Crippen LogP contribution in [0.5, 0.6) is 0 Å². The number of hydrogen-bond donors (Lipinski definition) is 0. The molecule has 5 aromatic rings. The van der Waals surface area contributed by atoms with Crippen LogP contribution < -0.4 is 4.90 Å². The number of rotatable bonds is 12. The van der Waals surface area contributed by atoms with Crippen LogP contribution in [0.2, 0.25) is 0 Å². The Kier molecular flexibility index (Phi) is 9.32. The van der Waals surface area contributed by atoms with Gasteiger partial charge in [0, 0.05) is 35.1 Å². The van der Waals surface area contributed by atoms with E-state index in [2.05, 4.69) is 30.9 Å². The van der Waals surface area contributed by atoms with Crippen molar-refractivity contribution in [2.24, 2.45) is 5.92 Å². The quantitative estimate of drug-likeness (QED) is 0.136. The van der Waals surface area contributed by atoms with E-state index in [-0.39, 0.29) is 17.3 Å². The average Bonchev–Trinajstić information content (AvgIpc) is 3.60. The number of carbonyl (C=O) groups is 1. The number of ether oxygens (including phenoxy) is 1. The van der Waals surface area contributed by atoms with Crippen molar-refractivity contribution in [3.05, 3.63) is 101 Å². The molecule has 0 N–H and O–H groups in total. The van der Waals surface area contributed by atoms with Gasteiger partial charge in [-0.25, -0.2) is 17.4 Å². The number of benzene rings is 3.